The first-order valence-electron chi connectivity index (χ1n) is 6.09. The van der Waals surface area contributed by atoms with Crippen molar-refractivity contribution >= 4 is 0 Å². The fourth-order valence-corrected chi connectivity index (χ4v) is 1.92. The molecule has 0 unspecified atom stereocenters. The van der Waals surface area contributed by atoms with Gasteiger partial charge < -0.3 is 4.52 Å². The Kier molecular flexibility index (Phi) is 3.02. The highest BCUT2D eigenvalue weighted by atomic mass is 19.1. The Hall–Kier alpha value is -2.57. The molecule has 0 saturated carbocycles. The fraction of sp³-hybridized carbons (Fsp3) is 0.231. The minimum absolute atomic E-state index is 0.329. The normalized spacial score (nSPS) is 10.9. The summed E-state index contributed by atoms with van der Waals surface area (Å²) in [5.74, 6) is 0.785. The van der Waals surface area contributed by atoms with Crippen LogP contribution in [0.2, 0.25) is 0 Å². The number of nitrogens with zero attached hydrogens (tertiary/aromatic N) is 5. The van der Waals surface area contributed by atoms with E-state index in [2.05, 4.69) is 20.6 Å². The number of aryl methyl sites for hydroxylation is 2. The van der Waals surface area contributed by atoms with Crippen molar-refractivity contribution in [3.05, 3.63) is 47.1 Å². The Morgan fingerprint density at radius 1 is 1.30 bits per heavy atom. The second-order valence-corrected chi connectivity index (χ2v) is 4.46. The second kappa shape index (κ2) is 4.84. The summed E-state index contributed by atoms with van der Waals surface area (Å²) < 4.78 is 18.3. The first kappa shape index (κ1) is 12.5. The lowest BCUT2D eigenvalue weighted by Crippen LogP contribution is -2.05. The summed E-state index contributed by atoms with van der Waals surface area (Å²) in [5.41, 5.74) is 2.32. The van der Waals surface area contributed by atoms with Crippen molar-refractivity contribution in [2.75, 3.05) is 0 Å². The van der Waals surface area contributed by atoms with E-state index in [4.69, 9.17) is 4.52 Å². The minimum Gasteiger partial charge on any atom is -0.361 e. The monoisotopic (exact) mass is 273 g/mol. The number of tetrazole rings is 1. The van der Waals surface area contributed by atoms with Gasteiger partial charge in [0.05, 0.1) is 12.2 Å². The quantitative estimate of drug-likeness (QED) is 0.731. The number of aromatic nitrogens is 5. The van der Waals surface area contributed by atoms with Crippen LogP contribution in [0.4, 0.5) is 4.39 Å². The minimum atomic E-state index is -0.329. The molecule has 102 valence electrons. The highest BCUT2D eigenvalue weighted by molar-refractivity contribution is 5.53. The van der Waals surface area contributed by atoms with Crippen LogP contribution in [0.15, 0.2) is 28.8 Å². The lowest BCUT2D eigenvalue weighted by molar-refractivity contribution is 0.391. The van der Waals surface area contributed by atoms with Gasteiger partial charge in [-0.3, -0.25) is 0 Å². The van der Waals surface area contributed by atoms with Gasteiger partial charge in [-0.1, -0.05) is 17.3 Å². The Labute approximate surface area is 114 Å². The SMILES string of the molecule is Cc1noc(C)c1Cn1nnc(-c2cccc(F)c2)n1. The van der Waals surface area contributed by atoms with Crippen LogP contribution in [0.5, 0.6) is 0 Å². The van der Waals surface area contributed by atoms with E-state index in [1.54, 1.807) is 12.1 Å². The molecule has 1 aromatic carbocycles. The maximum absolute atomic E-state index is 13.2. The van der Waals surface area contributed by atoms with E-state index < -0.39 is 0 Å². The maximum atomic E-state index is 13.2. The molecule has 0 saturated heterocycles. The average molecular weight is 273 g/mol. The van der Waals surface area contributed by atoms with Gasteiger partial charge in [0.15, 0.2) is 0 Å². The van der Waals surface area contributed by atoms with E-state index >= 15 is 0 Å². The summed E-state index contributed by atoms with van der Waals surface area (Å²) in [6, 6.07) is 6.09. The van der Waals surface area contributed by atoms with Gasteiger partial charge in [0.2, 0.25) is 5.82 Å². The van der Waals surface area contributed by atoms with E-state index in [9.17, 15) is 4.39 Å². The Morgan fingerprint density at radius 3 is 2.85 bits per heavy atom. The molecule has 0 aliphatic rings. The number of hydrogen-bond acceptors (Lipinski definition) is 5. The molecule has 2 heterocycles. The molecule has 2 aromatic heterocycles. The van der Waals surface area contributed by atoms with Crippen LogP contribution in [-0.2, 0) is 6.54 Å². The van der Waals surface area contributed by atoms with Crippen LogP contribution in [0.3, 0.4) is 0 Å². The Bertz CT molecular complexity index is 729. The number of rotatable bonds is 3. The summed E-state index contributed by atoms with van der Waals surface area (Å²) in [7, 11) is 0. The zero-order chi connectivity index (χ0) is 14.1. The fourth-order valence-electron chi connectivity index (χ4n) is 1.92. The van der Waals surface area contributed by atoms with Crippen LogP contribution < -0.4 is 0 Å². The van der Waals surface area contributed by atoms with E-state index in [0.29, 0.717) is 17.9 Å². The lowest BCUT2D eigenvalue weighted by Gasteiger charge is -1.97. The molecule has 20 heavy (non-hydrogen) atoms. The molecular formula is C13H12FN5O. The Morgan fingerprint density at radius 2 is 2.15 bits per heavy atom. The largest absolute Gasteiger partial charge is 0.361 e. The van der Waals surface area contributed by atoms with Crippen molar-refractivity contribution in [1.29, 1.82) is 0 Å². The van der Waals surface area contributed by atoms with Gasteiger partial charge >= 0.3 is 0 Å². The van der Waals surface area contributed by atoms with Gasteiger partial charge in [-0.2, -0.15) is 4.80 Å². The molecule has 7 heteroatoms. The highest BCUT2D eigenvalue weighted by Gasteiger charge is 2.12. The molecule has 0 amide bonds. The van der Waals surface area contributed by atoms with Crippen molar-refractivity contribution < 1.29 is 8.91 Å². The predicted octanol–water partition coefficient (Wildman–Crippen LogP) is 2.13. The van der Waals surface area contributed by atoms with E-state index in [1.165, 1.54) is 16.9 Å². The molecule has 0 N–H and O–H groups in total. The predicted molar refractivity (Wildman–Crippen MR) is 68.3 cm³/mol. The van der Waals surface area contributed by atoms with E-state index in [1.807, 2.05) is 13.8 Å². The topological polar surface area (TPSA) is 69.6 Å². The number of benzene rings is 1. The third kappa shape index (κ3) is 2.29. The van der Waals surface area contributed by atoms with Crippen molar-refractivity contribution in [3.8, 4) is 11.4 Å². The maximum Gasteiger partial charge on any atom is 0.205 e. The van der Waals surface area contributed by atoms with Crippen molar-refractivity contribution in [3.63, 3.8) is 0 Å². The number of hydrogen-bond donors (Lipinski definition) is 0. The third-order valence-electron chi connectivity index (χ3n) is 3.02. The van der Waals surface area contributed by atoms with Gasteiger partial charge in [0, 0.05) is 11.1 Å². The van der Waals surface area contributed by atoms with Crippen LogP contribution in [-0.4, -0.2) is 25.4 Å². The molecule has 0 radical (unpaired) electrons. The molecule has 0 spiro atoms. The van der Waals surface area contributed by atoms with Crippen LogP contribution in [0, 0.1) is 19.7 Å². The molecule has 0 aliphatic carbocycles. The van der Waals surface area contributed by atoms with E-state index in [0.717, 1.165) is 17.0 Å². The molecular weight excluding hydrogens is 261 g/mol. The molecule has 0 fully saturated rings. The molecule has 0 bridgehead atoms. The lowest BCUT2D eigenvalue weighted by atomic mass is 10.2. The van der Waals surface area contributed by atoms with Gasteiger partial charge in [-0.25, -0.2) is 4.39 Å². The second-order valence-electron chi connectivity index (χ2n) is 4.46. The highest BCUT2D eigenvalue weighted by Crippen LogP contribution is 2.16. The van der Waals surface area contributed by atoms with Gasteiger partial charge in [-0.05, 0) is 31.2 Å². The van der Waals surface area contributed by atoms with Gasteiger partial charge in [0.25, 0.3) is 0 Å². The summed E-state index contributed by atoms with van der Waals surface area (Å²) in [5, 5.41) is 16.0. The first-order chi connectivity index (χ1) is 9.63. The molecule has 0 atom stereocenters. The molecule has 3 rings (SSSR count). The van der Waals surface area contributed by atoms with Crippen LogP contribution in [0.25, 0.3) is 11.4 Å². The summed E-state index contributed by atoms with van der Waals surface area (Å²) >= 11 is 0. The molecule has 6 nitrogen and oxygen atoms in total. The van der Waals surface area contributed by atoms with Gasteiger partial charge in [0.1, 0.15) is 11.6 Å². The smallest absolute Gasteiger partial charge is 0.205 e. The molecule has 0 aliphatic heterocycles. The number of halogens is 1. The summed E-state index contributed by atoms with van der Waals surface area (Å²) in [6.07, 6.45) is 0. The van der Waals surface area contributed by atoms with Gasteiger partial charge in [-0.15, -0.1) is 10.2 Å². The Balaban J connectivity index is 1.88. The summed E-state index contributed by atoms with van der Waals surface area (Å²) in [4.78, 5) is 1.44. The van der Waals surface area contributed by atoms with Crippen LogP contribution in [0.1, 0.15) is 17.0 Å². The van der Waals surface area contributed by atoms with Crippen LogP contribution >= 0.6 is 0 Å². The van der Waals surface area contributed by atoms with Crippen molar-refractivity contribution in [2.24, 2.45) is 0 Å². The van der Waals surface area contributed by atoms with Crippen molar-refractivity contribution in [2.45, 2.75) is 20.4 Å². The zero-order valence-corrected chi connectivity index (χ0v) is 11.0. The first-order valence-corrected chi connectivity index (χ1v) is 6.09. The van der Waals surface area contributed by atoms with Crippen molar-refractivity contribution in [1.82, 2.24) is 25.4 Å². The average Bonchev–Trinajstić information content (AvgIpc) is 3.01. The standard InChI is InChI=1S/C13H12FN5O/c1-8-12(9(2)20-17-8)7-19-16-13(15-18-19)10-4-3-5-11(14)6-10/h3-6H,7H2,1-2H3. The zero-order valence-electron chi connectivity index (χ0n) is 11.0. The van der Waals surface area contributed by atoms with E-state index in [-0.39, 0.29) is 5.82 Å². The third-order valence-corrected chi connectivity index (χ3v) is 3.02. The summed E-state index contributed by atoms with van der Waals surface area (Å²) in [6.45, 7) is 4.11. The molecule has 3 aromatic rings.